The summed E-state index contributed by atoms with van der Waals surface area (Å²) in [5.74, 6) is -0.375. The van der Waals surface area contributed by atoms with Crippen LogP contribution in [0.4, 0.5) is 0 Å². The van der Waals surface area contributed by atoms with Crippen LogP contribution in [0.25, 0.3) is 0 Å². The summed E-state index contributed by atoms with van der Waals surface area (Å²) < 4.78 is 0. The molecule has 2 amide bonds. The molecule has 130 valence electrons. The molecule has 2 aliphatic rings. The Hall–Kier alpha value is -2.26. The number of aliphatic imine (C=N–C) groups is 1. The number of thiocarbonyl (C=S) groups is 1. The molecule has 7 nitrogen and oxygen atoms in total. The van der Waals surface area contributed by atoms with Crippen molar-refractivity contribution in [3.63, 3.8) is 0 Å². The fourth-order valence-electron chi connectivity index (χ4n) is 2.66. The van der Waals surface area contributed by atoms with Crippen molar-refractivity contribution < 1.29 is 9.59 Å². The van der Waals surface area contributed by atoms with Crippen LogP contribution in [-0.4, -0.2) is 38.6 Å². The van der Waals surface area contributed by atoms with Gasteiger partial charge >= 0.3 is 0 Å². The summed E-state index contributed by atoms with van der Waals surface area (Å²) in [5.41, 5.74) is 8.56. The van der Waals surface area contributed by atoms with Crippen LogP contribution in [0.3, 0.4) is 0 Å². The topological polar surface area (TPSA) is 86.2 Å². The second-order valence-corrected chi connectivity index (χ2v) is 6.90. The van der Waals surface area contributed by atoms with E-state index in [2.05, 4.69) is 27.0 Å². The van der Waals surface area contributed by atoms with E-state index in [1.54, 1.807) is 0 Å². The van der Waals surface area contributed by atoms with Gasteiger partial charge in [-0.05, 0) is 37.0 Å². The lowest BCUT2D eigenvalue weighted by Crippen LogP contribution is -2.45. The summed E-state index contributed by atoms with van der Waals surface area (Å²) in [7, 11) is 0. The van der Waals surface area contributed by atoms with E-state index in [0.29, 0.717) is 5.17 Å². The zero-order valence-electron chi connectivity index (χ0n) is 13.6. The Bertz CT molecular complexity index is 790. The highest BCUT2D eigenvalue weighted by Crippen LogP contribution is 2.21. The molecule has 1 aromatic rings. The average molecular weight is 375 g/mol. The molecular formula is C16H17N5O2S2. The molecule has 1 heterocycles. The lowest BCUT2D eigenvalue weighted by atomic mass is 9.90. The van der Waals surface area contributed by atoms with Crippen LogP contribution < -0.4 is 10.9 Å². The van der Waals surface area contributed by atoms with Gasteiger partial charge in [-0.1, -0.05) is 36.0 Å². The second-order valence-electron chi connectivity index (χ2n) is 5.57. The predicted octanol–water partition coefficient (Wildman–Crippen LogP) is 1.58. The number of rotatable bonds is 2. The molecule has 0 bridgehead atoms. The number of carbonyl (C=O) groups excluding carboxylic acids is 2. The summed E-state index contributed by atoms with van der Waals surface area (Å²) in [6.45, 7) is 1.33. The maximum Gasteiger partial charge on any atom is 0.258 e. The number of hydrazine groups is 1. The molecule has 0 atom stereocenters. The van der Waals surface area contributed by atoms with Crippen molar-refractivity contribution in [3.8, 4) is 0 Å². The monoisotopic (exact) mass is 375 g/mol. The molecule has 9 heteroatoms. The summed E-state index contributed by atoms with van der Waals surface area (Å²) in [5, 5.41) is 5.98. The van der Waals surface area contributed by atoms with Gasteiger partial charge in [0.25, 0.3) is 5.91 Å². The van der Waals surface area contributed by atoms with Crippen LogP contribution in [0.15, 0.2) is 34.4 Å². The van der Waals surface area contributed by atoms with E-state index in [4.69, 9.17) is 12.2 Å². The largest absolute Gasteiger partial charge is 0.274 e. The first-order valence-corrected chi connectivity index (χ1v) is 9.20. The Labute approximate surface area is 154 Å². The molecule has 1 saturated heterocycles. The van der Waals surface area contributed by atoms with E-state index in [0.717, 1.165) is 35.5 Å². The average Bonchev–Trinajstić information content (AvgIpc) is 2.92. The van der Waals surface area contributed by atoms with Crippen LogP contribution in [0.2, 0.25) is 0 Å². The van der Waals surface area contributed by atoms with Crippen molar-refractivity contribution >= 4 is 51.8 Å². The van der Waals surface area contributed by atoms with Gasteiger partial charge in [-0.15, -0.1) is 0 Å². The summed E-state index contributed by atoms with van der Waals surface area (Å²) in [6, 6.07) is 8.17. The smallest absolute Gasteiger partial charge is 0.258 e. The van der Waals surface area contributed by atoms with Crippen molar-refractivity contribution in [3.05, 3.63) is 35.4 Å². The van der Waals surface area contributed by atoms with Crippen molar-refractivity contribution in [2.45, 2.75) is 26.2 Å². The van der Waals surface area contributed by atoms with Gasteiger partial charge in [-0.25, -0.2) is 0 Å². The Kier molecular flexibility index (Phi) is 5.44. The zero-order chi connectivity index (χ0) is 17.8. The van der Waals surface area contributed by atoms with E-state index < -0.39 is 0 Å². The van der Waals surface area contributed by atoms with Crippen LogP contribution in [0.5, 0.6) is 0 Å². The number of fused-ring (bicyclic) bond motifs is 1. The fraction of sp³-hybridized carbons (Fsp3) is 0.312. The van der Waals surface area contributed by atoms with Crippen molar-refractivity contribution in [2.24, 2.45) is 10.1 Å². The number of amidine groups is 1. The van der Waals surface area contributed by atoms with E-state index in [-0.39, 0.29) is 22.7 Å². The Morgan fingerprint density at radius 2 is 2.12 bits per heavy atom. The van der Waals surface area contributed by atoms with Gasteiger partial charge in [0, 0.05) is 12.5 Å². The minimum atomic E-state index is -0.346. The maximum atomic E-state index is 11.8. The number of amides is 2. The maximum absolute atomic E-state index is 11.8. The lowest BCUT2D eigenvalue weighted by molar-refractivity contribution is -0.133. The highest BCUT2D eigenvalue weighted by Gasteiger charge is 2.29. The number of thioether (sulfide) groups is 1. The molecule has 0 radical (unpaired) electrons. The molecule has 0 aromatic heterocycles. The van der Waals surface area contributed by atoms with Gasteiger partial charge in [-0.3, -0.25) is 20.4 Å². The van der Waals surface area contributed by atoms with E-state index in [9.17, 15) is 9.59 Å². The number of hydrogen-bond donors (Lipinski definition) is 2. The number of nitrogens with one attached hydrogen (secondary N) is 2. The molecular weight excluding hydrogens is 358 g/mol. The number of aryl methyl sites for hydroxylation is 1. The zero-order valence-corrected chi connectivity index (χ0v) is 15.2. The highest BCUT2D eigenvalue weighted by molar-refractivity contribution is 8.15. The minimum absolute atomic E-state index is 0.142. The Morgan fingerprint density at radius 1 is 1.32 bits per heavy atom. The van der Waals surface area contributed by atoms with E-state index in [1.807, 2.05) is 18.2 Å². The minimum Gasteiger partial charge on any atom is -0.274 e. The van der Waals surface area contributed by atoms with Crippen LogP contribution in [0, 0.1) is 0 Å². The normalized spacial score (nSPS) is 19.9. The SMILES string of the molecule is CC(=O)NN1C(=O)CS/C1=N/C(=S)N/N=C1\CCCc2ccccc21. The molecule has 0 saturated carbocycles. The molecule has 1 fully saturated rings. The molecule has 25 heavy (non-hydrogen) atoms. The number of benzene rings is 1. The lowest BCUT2D eigenvalue weighted by Gasteiger charge is -2.17. The van der Waals surface area contributed by atoms with Crippen molar-refractivity contribution in [2.75, 3.05) is 5.75 Å². The standard InChI is InChI=1S/C16H17N5O2S2/c1-10(22)20-21-14(23)9-25-16(21)17-15(24)19-18-13-8-4-6-11-5-2-3-7-12(11)13/h2-3,5,7H,4,6,8-9H2,1H3,(H,19,24)(H,20,22)/b17-16+,18-13+. The van der Waals surface area contributed by atoms with Crippen molar-refractivity contribution in [1.29, 1.82) is 0 Å². The third kappa shape index (κ3) is 4.23. The fourth-order valence-corrected chi connectivity index (χ4v) is 3.66. The second kappa shape index (κ2) is 7.75. The number of hydrogen-bond acceptors (Lipinski definition) is 5. The van der Waals surface area contributed by atoms with Crippen LogP contribution >= 0.6 is 24.0 Å². The van der Waals surface area contributed by atoms with E-state index in [1.165, 1.54) is 24.2 Å². The first kappa shape index (κ1) is 17.6. The van der Waals surface area contributed by atoms with E-state index >= 15 is 0 Å². The molecule has 2 N–H and O–H groups in total. The molecule has 1 aliphatic heterocycles. The van der Waals surface area contributed by atoms with Crippen LogP contribution in [-0.2, 0) is 16.0 Å². The van der Waals surface area contributed by atoms with Gasteiger partial charge in [0.2, 0.25) is 11.0 Å². The van der Waals surface area contributed by atoms with Crippen molar-refractivity contribution in [1.82, 2.24) is 15.9 Å². The third-order valence-electron chi connectivity index (χ3n) is 3.71. The van der Waals surface area contributed by atoms with Gasteiger partial charge in [-0.2, -0.15) is 15.1 Å². The molecule has 1 aliphatic carbocycles. The number of nitrogens with zero attached hydrogens (tertiary/aromatic N) is 3. The highest BCUT2D eigenvalue weighted by atomic mass is 32.2. The van der Waals surface area contributed by atoms with Gasteiger partial charge in [0.05, 0.1) is 11.5 Å². The third-order valence-corrected chi connectivity index (χ3v) is 4.81. The van der Waals surface area contributed by atoms with Gasteiger partial charge in [0.15, 0.2) is 5.17 Å². The predicted molar refractivity (Wildman–Crippen MR) is 102 cm³/mol. The first-order valence-electron chi connectivity index (χ1n) is 7.81. The van der Waals surface area contributed by atoms with Gasteiger partial charge < -0.3 is 0 Å². The van der Waals surface area contributed by atoms with Crippen LogP contribution in [0.1, 0.15) is 30.9 Å². The molecule has 1 aromatic carbocycles. The molecule has 0 unspecified atom stereocenters. The summed E-state index contributed by atoms with van der Waals surface area (Å²) in [6.07, 6.45) is 2.96. The first-order chi connectivity index (χ1) is 12.0. The number of carbonyl (C=O) groups is 2. The molecule has 3 rings (SSSR count). The quantitative estimate of drug-likeness (QED) is 0.606. The Balaban J connectivity index is 1.71. The summed E-state index contributed by atoms with van der Waals surface area (Å²) >= 11 is 6.41. The summed E-state index contributed by atoms with van der Waals surface area (Å²) in [4.78, 5) is 27.1. The molecule has 0 spiro atoms. The Morgan fingerprint density at radius 3 is 2.92 bits per heavy atom. The van der Waals surface area contributed by atoms with Gasteiger partial charge in [0.1, 0.15) is 0 Å². The number of hydrazone groups is 1.